The van der Waals surface area contributed by atoms with Crippen LogP contribution in [0.5, 0.6) is 0 Å². The summed E-state index contributed by atoms with van der Waals surface area (Å²) in [7, 11) is 0. The Morgan fingerprint density at radius 3 is 2.64 bits per heavy atom. The highest BCUT2D eigenvalue weighted by Gasteiger charge is 2.19. The molecule has 1 N–H and O–H groups in total. The summed E-state index contributed by atoms with van der Waals surface area (Å²) >= 11 is 1.16. The topological polar surface area (TPSA) is 91.8 Å². The van der Waals surface area contributed by atoms with Crippen LogP contribution >= 0.6 is 11.8 Å². The molecular weight excluding hydrogens is 336 g/mol. The molecule has 25 heavy (non-hydrogen) atoms. The average molecular weight is 350 g/mol. The van der Waals surface area contributed by atoms with E-state index in [1.165, 1.54) is 0 Å². The van der Waals surface area contributed by atoms with Crippen LogP contribution in [0.2, 0.25) is 0 Å². The number of rotatable bonds is 5. The summed E-state index contributed by atoms with van der Waals surface area (Å²) in [5.74, 6) is 0.165. The van der Waals surface area contributed by atoms with Gasteiger partial charge in [0.2, 0.25) is 11.8 Å². The predicted octanol–water partition coefficient (Wildman–Crippen LogP) is 3.73. The minimum Gasteiger partial charge on any atom is -0.411 e. The molecule has 0 bridgehead atoms. The van der Waals surface area contributed by atoms with Crippen LogP contribution in [-0.4, -0.2) is 21.4 Å². The number of hydrogen-bond donors (Lipinski definition) is 1. The Bertz CT molecular complexity index is 918. The van der Waals surface area contributed by atoms with Gasteiger partial charge in [-0.2, -0.15) is 5.26 Å². The number of thioether (sulfide) groups is 1. The van der Waals surface area contributed by atoms with Crippen LogP contribution in [0.25, 0.3) is 11.5 Å². The molecule has 1 unspecified atom stereocenters. The number of anilines is 1. The van der Waals surface area contributed by atoms with Crippen molar-refractivity contribution in [3.63, 3.8) is 0 Å². The van der Waals surface area contributed by atoms with E-state index in [0.717, 1.165) is 17.3 Å². The van der Waals surface area contributed by atoms with Crippen molar-refractivity contribution in [1.29, 1.82) is 5.26 Å². The fourth-order valence-electron chi connectivity index (χ4n) is 2.08. The van der Waals surface area contributed by atoms with Gasteiger partial charge in [0.1, 0.15) is 6.07 Å². The van der Waals surface area contributed by atoms with Crippen LogP contribution in [0.4, 0.5) is 5.69 Å². The number of carbonyl (C=O) groups is 1. The van der Waals surface area contributed by atoms with Crippen molar-refractivity contribution in [2.24, 2.45) is 0 Å². The van der Waals surface area contributed by atoms with Crippen molar-refractivity contribution in [3.8, 4) is 17.5 Å². The van der Waals surface area contributed by atoms with Gasteiger partial charge in [-0.15, -0.1) is 10.2 Å². The number of nitrogens with zero attached hydrogens (tertiary/aromatic N) is 3. The van der Waals surface area contributed by atoms with Crippen molar-refractivity contribution in [2.45, 2.75) is 17.4 Å². The molecule has 1 heterocycles. The zero-order valence-electron chi connectivity index (χ0n) is 13.3. The molecule has 2 aromatic carbocycles. The lowest BCUT2D eigenvalue weighted by atomic mass is 10.2. The molecule has 0 aliphatic heterocycles. The fourth-order valence-corrected chi connectivity index (χ4v) is 2.77. The van der Waals surface area contributed by atoms with Gasteiger partial charge in [-0.25, -0.2) is 0 Å². The average Bonchev–Trinajstić information content (AvgIpc) is 3.11. The Hall–Kier alpha value is -3.11. The molecule has 0 fully saturated rings. The maximum Gasteiger partial charge on any atom is 0.277 e. The first-order valence-corrected chi connectivity index (χ1v) is 8.41. The summed E-state index contributed by atoms with van der Waals surface area (Å²) in [5, 5.41) is 19.6. The Kier molecular flexibility index (Phi) is 5.11. The maximum atomic E-state index is 12.3. The van der Waals surface area contributed by atoms with Gasteiger partial charge in [-0.1, -0.05) is 42.1 Å². The van der Waals surface area contributed by atoms with Crippen LogP contribution in [0.3, 0.4) is 0 Å². The maximum absolute atomic E-state index is 12.3. The number of benzene rings is 2. The lowest BCUT2D eigenvalue weighted by Gasteiger charge is -2.10. The van der Waals surface area contributed by atoms with Gasteiger partial charge in [0.25, 0.3) is 5.22 Å². The number of nitriles is 1. The molecule has 0 spiro atoms. The molecule has 1 aromatic heterocycles. The van der Waals surface area contributed by atoms with Crippen LogP contribution in [-0.2, 0) is 4.79 Å². The molecule has 124 valence electrons. The monoisotopic (exact) mass is 350 g/mol. The Morgan fingerprint density at radius 1 is 1.16 bits per heavy atom. The number of aromatic nitrogens is 2. The quantitative estimate of drug-likeness (QED) is 0.705. The molecule has 0 aliphatic carbocycles. The highest BCUT2D eigenvalue weighted by Crippen LogP contribution is 2.27. The fraction of sp³-hybridized carbons (Fsp3) is 0.111. The number of hydrogen-bond acceptors (Lipinski definition) is 6. The minimum atomic E-state index is -0.462. The van der Waals surface area contributed by atoms with E-state index in [2.05, 4.69) is 15.5 Å². The van der Waals surface area contributed by atoms with Crippen molar-refractivity contribution in [2.75, 3.05) is 5.32 Å². The van der Waals surface area contributed by atoms with E-state index in [9.17, 15) is 4.79 Å². The third kappa shape index (κ3) is 4.05. The first kappa shape index (κ1) is 16.7. The van der Waals surface area contributed by atoms with Gasteiger partial charge in [0.15, 0.2) is 0 Å². The lowest BCUT2D eigenvalue weighted by Crippen LogP contribution is -2.22. The van der Waals surface area contributed by atoms with Crippen molar-refractivity contribution < 1.29 is 9.21 Å². The van der Waals surface area contributed by atoms with Gasteiger partial charge in [0, 0.05) is 5.56 Å². The standard InChI is InChI=1S/C18H14N4O2S/c1-12(16(23)20-15-10-6-5-9-14(15)11-19)25-18-22-21-17(24-18)13-7-3-2-4-8-13/h2-10,12H,1H3,(H,20,23). The normalized spacial score (nSPS) is 11.5. The number of carbonyl (C=O) groups excluding carboxylic acids is 1. The molecule has 3 aromatic rings. The third-order valence-electron chi connectivity index (χ3n) is 3.38. The predicted molar refractivity (Wildman–Crippen MR) is 94.8 cm³/mol. The number of nitrogens with one attached hydrogen (secondary N) is 1. The number of amides is 1. The van der Waals surface area contributed by atoms with Crippen molar-refractivity contribution in [1.82, 2.24) is 10.2 Å². The largest absolute Gasteiger partial charge is 0.411 e. The van der Waals surface area contributed by atoms with Crippen LogP contribution in [0.1, 0.15) is 12.5 Å². The molecule has 7 heteroatoms. The smallest absolute Gasteiger partial charge is 0.277 e. The zero-order chi connectivity index (χ0) is 17.6. The number of para-hydroxylation sites is 1. The molecule has 0 saturated heterocycles. The molecule has 0 saturated carbocycles. The second kappa shape index (κ2) is 7.64. The second-order valence-corrected chi connectivity index (χ2v) is 6.44. The molecule has 6 nitrogen and oxygen atoms in total. The van der Waals surface area contributed by atoms with E-state index in [0.29, 0.717) is 22.4 Å². The summed E-state index contributed by atoms with van der Waals surface area (Å²) in [6, 6.07) is 18.3. The third-order valence-corrected chi connectivity index (χ3v) is 4.31. The Morgan fingerprint density at radius 2 is 1.88 bits per heavy atom. The van der Waals surface area contributed by atoms with Crippen LogP contribution in [0.15, 0.2) is 64.2 Å². The van der Waals surface area contributed by atoms with Crippen molar-refractivity contribution in [3.05, 3.63) is 60.2 Å². The van der Waals surface area contributed by atoms with Gasteiger partial charge in [0.05, 0.1) is 16.5 Å². The Labute approximate surface area is 148 Å². The molecule has 0 aliphatic rings. The van der Waals surface area contributed by atoms with Gasteiger partial charge in [-0.05, 0) is 31.2 Å². The van der Waals surface area contributed by atoms with E-state index < -0.39 is 5.25 Å². The highest BCUT2D eigenvalue weighted by atomic mass is 32.2. The van der Waals surface area contributed by atoms with E-state index in [1.54, 1.807) is 31.2 Å². The summed E-state index contributed by atoms with van der Waals surface area (Å²) in [6.45, 7) is 1.74. The van der Waals surface area contributed by atoms with Crippen molar-refractivity contribution >= 4 is 23.4 Å². The highest BCUT2D eigenvalue weighted by molar-refractivity contribution is 8.00. The minimum absolute atomic E-state index is 0.243. The molecule has 1 amide bonds. The summed E-state index contributed by atoms with van der Waals surface area (Å²) in [5.41, 5.74) is 1.72. The second-order valence-electron chi connectivity index (χ2n) is 5.15. The van der Waals surface area contributed by atoms with Crippen LogP contribution < -0.4 is 5.32 Å². The molecule has 1 atom stereocenters. The summed E-state index contributed by atoms with van der Waals surface area (Å²) in [6.07, 6.45) is 0. The molecule has 3 rings (SSSR count). The van der Waals surface area contributed by atoms with E-state index >= 15 is 0 Å². The van der Waals surface area contributed by atoms with Crippen LogP contribution in [0, 0.1) is 11.3 Å². The summed E-state index contributed by atoms with van der Waals surface area (Å²) in [4.78, 5) is 12.3. The first-order valence-electron chi connectivity index (χ1n) is 7.53. The van der Waals surface area contributed by atoms with E-state index in [-0.39, 0.29) is 5.91 Å². The Balaban J connectivity index is 1.66. The van der Waals surface area contributed by atoms with E-state index in [4.69, 9.17) is 9.68 Å². The van der Waals surface area contributed by atoms with E-state index in [1.807, 2.05) is 36.4 Å². The SMILES string of the molecule is CC(Sc1nnc(-c2ccccc2)o1)C(=O)Nc1ccccc1C#N. The molecular formula is C18H14N4O2S. The first-order chi connectivity index (χ1) is 12.2. The van der Waals surface area contributed by atoms with Gasteiger partial charge >= 0.3 is 0 Å². The summed E-state index contributed by atoms with van der Waals surface area (Å²) < 4.78 is 5.59. The lowest BCUT2D eigenvalue weighted by molar-refractivity contribution is -0.115. The zero-order valence-corrected chi connectivity index (χ0v) is 14.2. The van der Waals surface area contributed by atoms with Gasteiger partial charge < -0.3 is 9.73 Å². The van der Waals surface area contributed by atoms with Gasteiger partial charge in [-0.3, -0.25) is 4.79 Å². The molecule has 0 radical (unpaired) electrons.